The van der Waals surface area contributed by atoms with Crippen LogP contribution in [-0.4, -0.2) is 66.5 Å². The summed E-state index contributed by atoms with van der Waals surface area (Å²) in [4.78, 5) is 48.8. The van der Waals surface area contributed by atoms with Crippen molar-refractivity contribution in [1.82, 2.24) is 0 Å². The summed E-state index contributed by atoms with van der Waals surface area (Å²) in [5.41, 5.74) is 0. The van der Waals surface area contributed by atoms with Crippen LogP contribution >= 0.6 is 7.82 Å². The van der Waals surface area contributed by atoms with Crippen LogP contribution in [0.25, 0.3) is 0 Å². The molecule has 0 aromatic carbocycles. The van der Waals surface area contributed by atoms with Crippen LogP contribution in [0.5, 0.6) is 0 Å². The van der Waals surface area contributed by atoms with Crippen molar-refractivity contribution in [2.75, 3.05) is 26.4 Å². The fourth-order valence-electron chi connectivity index (χ4n) is 8.96. The topological polar surface area (TPSA) is 155 Å². The molecule has 472 valence electrons. The first-order valence-corrected chi connectivity index (χ1v) is 34.6. The minimum atomic E-state index is -4.78. The van der Waals surface area contributed by atoms with Gasteiger partial charge in [0.1, 0.15) is 12.7 Å². The van der Waals surface area contributed by atoms with Crippen LogP contribution < -0.4 is 0 Å². The van der Waals surface area contributed by atoms with Gasteiger partial charge in [0.25, 0.3) is 0 Å². The molecule has 0 bridgehead atoms. The first-order chi connectivity index (χ1) is 40.2. The number of allylic oxidation sites excluding steroid dienone is 16. The van der Waals surface area contributed by atoms with Crippen molar-refractivity contribution in [2.24, 2.45) is 0 Å². The molecular formula is C70H121O11P. The Labute approximate surface area is 502 Å². The fourth-order valence-corrected chi connectivity index (χ4v) is 9.75. The lowest BCUT2D eigenvalue weighted by Gasteiger charge is -2.21. The molecule has 0 saturated carbocycles. The number of hydrogen-bond acceptors (Lipinski definition) is 10. The van der Waals surface area contributed by atoms with E-state index in [0.29, 0.717) is 25.7 Å². The zero-order valence-corrected chi connectivity index (χ0v) is 53.3. The zero-order chi connectivity index (χ0) is 59.8. The van der Waals surface area contributed by atoms with Crippen molar-refractivity contribution in [3.63, 3.8) is 0 Å². The quantitative estimate of drug-likeness (QED) is 0.0197. The largest absolute Gasteiger partial charge is 0.472 e. The van der Waals surface area contributed by atoms with Crippen LogP contribution in [-0.2, 0) is 42.2 Å². The summed E-state index contributed by atoms with van der Waals surface area (Å²) in [6.07, 6.45) is 76.6. The highest BCUT2D eigenvalue weighted by atomic mass is 31.2. The van der Waals surface area contributed by atoms with Crippen LogP contribution in [0, 0.1) is 0 Å². The minimum Gasteiger partial charge on any atom is -0.462 e. The average Bonchev–Trinajstić information content (AvgIpc) is 3.50. The molecule has 0 rings (SSSR count). The van der Waals surface area contributed by atoms with Gasteiger partial charge in [0.15, 0.2) is 6.10 Å². The van der Waals surface area contributed by atoms with E-state index in [1.165, 1.54) is 148 Å². The maximum Gasteiger partial charge on any atom is 0.472 e. The van der Waals surface area contributed by atoms with E-state index in [1.54, 1.807) is 0 Å². The number of unbranched alkanes of at least 4 members (excludes halogenated alkanes) is 28. The van der Waals surface area contributed by atoms with E-state index in [2.05, 4.69) is 106 Å². The Balaban J connectivity index is 4.79. The van der Waals surface area contributed by atoms with E-state index in [1.807, 2.05) is 12.2 Å². The molecule has 0 aliphatic rings. The number of aliphatic hydroxyl groups is 1. The molecule has 11 nitrogen and oxygen atoms in total. The Bertz CT molecular complexity index is 1750. The highest BCUT2D eigenvalue weighted by Crippen LogP contribution is 2.43. The molecular weight excluding hydrogens is 1050 g/mol. The highest BCUT2D eigenvalue weighted by Gasteiger charge is 2.28. The summed E-state index contributed by atoms with van der Waals surface area (Å²) in [7, 11) is -4.78. The first-order valence-electron chi connectivity index (χ1n) is 33.1. The molecule has 0 fully saturated rings. The van der Waals surface area contributed by atoms with Gasteiger partial charge in [-0.05, 0) is 109 Å². The van der Waals surface area contributed by atoms with Gasteiger partial charge in [0, 0.05) is 19.3 Å². The Kier molecular flexibility index (Phi) is 60.6. The van der Waals surface area contributed by atoms with Gasteiger partial charge in [0.05, 0.1) is 19.8 Å². The Morgan fingerprint density at radius 2 is 0.659 bits per heavy atom. The fraction of sp³-hybridized carbons (Fsp3) is 0.729. The van der Waals surface area contributed by atoms with Gasteiger partial charge >= 0.3 is 25.7 Å². The molecule has 0 aromatic heterocycles. The number of hydrogen-bond donors (Lipinski definition) is 2. The lowest BCUT2D eigenvalue weighted by molar-refractivity contribution is -0.161. The molecule has 2 N–H and O–H groups in total. The summed E-state index contributed by atoms with van der Waals surface area (Å²) in [6.45, 7) is 4.47. The Morgan fingerprint density at radius 1 is 0.354 bits per heavy atom. The number of carbonyl (C=O) groups is 3. The van der Waals surface area contributed by atoms with Crippen LogP contribution in [0.15, 0.2) is 97.2 Å². The first kappa shape index (κ1) is 78.4. The van der Waals surface area contributed by atoms with E-state index in [9.17, 15) is 28.9 Å². The molecule has 0 spiro atoms. The molecule has 3 unspecified atom stereocenters. The number of phosphoric ester groups is 1. The Hall–Kier alpha value is -3.60. The third-order valence-corrected chi connectivity index (χ3v) is 14.9. The molecule has 12 heteroatoms. The number of phosphoric acid groups is 1. The zero-order valence-electron chi connectivity index (χ0n) is 52.4. The normalized spacial score (nSPS) is 13.9. The molecule has 0 aliphatic carbocycles. The van der Waals surface area contributed by atoms with Gasteiger partial charge in [-0.2, -0.15) is 0 Å². The van der Waals surface area contributed by atoms with Crippen LogP contribution in [0.1, 0.15) is 290 Å². The van der Waals surface area contributed by atoms with Crippen LogP contribution in [0.2, 0.25) is 0 Å². The Morgan fingerprint density at radius 3 is 1.05 bits per heavy atom. The molecule has 0 aromatic rings. The summed E-state index contributed by atoms with van der Waals surface area (Å²) in [5, 5.41) is 9.86. The van der Waals surface area contributed by atoms with Crippen molar-refractivity contribution in [3.8, 4) is 0 Å². The number of carbonyl (C=O) groups excluding carboxylic acids is 3. The molecule has 82 heavy (non-hydrogen) atoms. The third kappa shape index (κ3) is 61.0. The second-order valence-corrected chi connectivity index (χ2v) is 23.3. The number of aliphatic hydroxyl groups excluding tert-OH is 1. The standard InChI is InChI=1S/C70H121O11P/c1-4-7-10-13-16-19-22-25-28-31-33-36-38-41-44-47-50-53-56-59-68(72)77-63-67(81-70(74)61-58-55-52-49-46-43-40-37-34-32-29-26-23-20-17-14-11-8-5-2)65-79-82(75,76)78-64-66(62-71)80-69(73)60-57-54-51-48-45-42-39-35-30-27-24-21-18-15-12-9-6-3/h8,11,17,20,25-30,34,37,43,46,52,55,66-67,71H,4-7,9-10,12-16,18-19,21-24,31-33,35-36,38-42,44-45,47-51,53-54,56-65H2,1-3H3,(H,75,76)/b11-8-,20-17-,28-25-,29-26-,30-27-,37-34-,46-43-,55-52-. The predicted molar refractivity (Wildman–Crippen MR) is 344 cm³/mol. The summed E-state index contributed by atoms with van der Waals surface area (Å²) < 4.78 is 39.6. The van der Waals surface area contributed by atoms with Crippen LogP contribution in [0.3, 0.4) is 0 Å². The van der Waals surface area contributed by atoms with E-state index in [0.717, 1.165) is 77.0 Å². The second-order valence-electron chi connectivity index (χ2n) is 21.9. The highest BCUT2D eigenvalue weighted by molar-refractivity contribution is 7.47. The summed E-state index contributed by atoms with van der Waals surface area (Å²) >= 11 is 0. The van der Waals surface area contributed by atoms with Crippen LogP contribution in [0.4, 0.5) is 0 Å². The second kappa shape index (κ2) is 63.4. The lowest BCUT2D eigenvalue weighted by Crippen LogP contribution is -2.30. The van der Waals surface area contributed by atoms with E-state index < -0.39 is 57.8 Å². The maximum atomic E-state index is 13.0. The smallest absolute Gasteiger partial charge is 0.462 e. The molecule has 0 saturated heterocycles. The summed E-state index contributed by atoms with van der Waals surface area (Å²) in [5.74, 6) is -1.57. The molecule has 0 aliphatic heterocycles. The SMILES string of the molecule is CC/C=C\C/C=C\C/C=C\C/C=C\C/C=C\C/C=C\CCC(=O)OC(COC(=O)CCCCCCCCCCC/C=C\CCCCCCCC)COP(=O)(O)OCC(CO)OC(=O)CCCCCCCCC/C=C\CCCCCCCC. The van der Waals surface area contributed by atoms with Gasteiger partial charge in [-0.3, -0.25) is 23.4 Å². The predicted octanol–water partition coefficient (Wildman–Crippen LogP) is 20.4. The molecule has 3 atom stereocenters. The third-order valence-electron chi connectivity index (χ3n) is 14.0. The van der Waals surface area contributed by atoms with E-state index in [-0.39, 0.29) is 25.9 Å². The monoisotopic (exact) mass is 1170 g/mol. The summed E-state index contributed by atoms with van der Waals surface area (Å²) in [6, 6.07) is 0. The molecule has 0 heterocycles. The van der Waals surface area contributed by atoms with Gasteiger partial charge in [-0.15, -0.1) is 0 Å². The van der Waals surface area contributed by atoms with Crippen molar-refractivity contribution >= 4 is 25.7 Å². The molecule has 0 amide bonds. The number of rotatable bonds is 61. The number of ether oxygens (including phenoxy) is 3. The van der Waals surface area contributed by atoms with E-state index in [4.69, 9.17) is 23.3 Å². The number of esters is 3. The van der Waals surface area contributed by atoms with Crippen molar-refractivity contribution in [2.45, 2.75) is 303 Å². The van der Waals surface area contributed by atoms with Gasteiger partial charge in [0.2, 0.25) is 0 Å². The van der Waals surface area contributed by atoms with Gasteiger partial charge in [-0.25, -0.2) is 4.57 Å². The van der Waals surface area contributed by atoms with Crippen molar-refractivity contribution in [3.05, 3.63) is 97.2 Å². The van der Waals surface area contributed by atoms with Gasteiger partial charge < -0.3 is 24.2 Å². The van der Waals surface area contributed by atoms with Crippen molar-refractivity contribution in [1.29, 1.82) is 0 Å². The molecule has 0 radical (unpaired) electrons. The minimum absolute atomic E-state index is 0.0393. The average molecular weight is 1170 g/mol. The van der Waals surface area contributed by atoms with Gasteiger partial charge in [-0.1, -0.05) is 259 Å². The maximum absolute atomic E-state index is 13.0. The van der Waals surface area contributed by atoms with Crippen molar-refractivity contribution < 1.29 is 52.2 Å². The lowest BCUT2D eigenvalue weighted by atomic mass is 10.1. The van der Waals surface area contributed by atoms with E-state index >= 15 is 0 Å².